The van der Waals surface area contributed by atoms with E-state index in [4.69, 9.17) is 11.6 Å². The van der Waals surface area contributed by atoms with E-state index in [1.54, 1.807) is 18.2 Å². The highest BCUT2D eigenvalue weighted by molar-refractivity contribution is 7.90. The standard InChI is InChI=1S/C15H18ClO3S/c1-20(18,19)15-7-6-12(10-14(15)16)13(8-9-17)11-4-2-3-5-11/h6-7,10-11,13H,2-5,8H2,1H3/t13-/m1/s1. The van der Waals surface area contributed by atoms with Gasteiger partial charge in [-0.1, -0.05) is 30.5 Å². The molecule has 1 fully saturated rings. The summed E-state index contributed by atoms with van der Waals surface area (Å²) in [5.74, 6) is 0.567. The lowest BCUT2D eigenvalue weighted by atomic mass is 9.83. The normalized spacial score (nSPS) is 18.1. The summed E-state index contributed by atoms with van der Waals surface area (Å²) in [6.07, 6.45) is 8.08. The molecule has 0 N–H and O–H groups in total. The van der Waals surface area contributed by atoms with Gasteiger partial charge in [-0.05, 0) is 42.4 Å². The summed E-state index contributed by atoms with van der Waals surface area (Å²) in [6.45, 7) is 0. The quantitative estimate of drug-likeness (QED) is 0.835. The number of rotatable bonds is 5. The molecule has 0 unspecified atom stereocenters. The molecule has 1 aromatic carbocycles. The van der Waals surface area contributed by atoms with Gasteiger partial charge in [-0.15, -0.1) is 0 Å². The summed E-state index contributed by atoms with van der Waals surface area (Å²) < 4.78 is 23.1. The highest BCUT2D eigenvalue weighted by Gasteiger charge is 2.27. The third kappa shape index (κ3) is 3.41. The lowest BCUT2D eigenvalue weighted by Crippen LogP contribution is -2.11. The Kier molecular flexibility index (Phi) is 4.86. The molecule has 2 rings (SSSR count). The maximum atomic E-state index is 11.6. The minimum absolute atomic E-state index is 0.0983. The molecule has 0 spiro atoms. The average Bonchev–Trinajstić information content (AvgIpc) is 2.87. The van der Waals surface area contributed by atoms with Crippen molar-refractivity contribution in [3.05, 3.63) is 28.8 Å². The van der Waals surface area contributed by atoms with Gasteiger partial charge in [-0.25, -0.2) is 8.42 Å². The van der Waals surface area contributed by atoms with Crippen LogP contribution in [0.2, 0.25) is 5.02 Å². The van der Waals surface area contributed by atoms with Gasteiger partial charge in [0.25, 0.3) is 0 Å². The molecule has 1 radical (unpaired) electrons. The van der Waals surface area contributed by atoms with Crippen LogP contribution in [-0.4, -0.2) is 21.0 Å². The topological polar surface area (TPSA) is 51.2 Å². The second kappa shape index (κ2) is 6.27. The van der Waals surface area contributed by atoms with E-state index >= 15 is 0 Å². The molecule has 1 aliphatic carbocycles. The molecule has 1 aromatic rings. The van der Waals surface area contributed by atoms with Crippen molar-refractivity contribution in [1.82, 2.24) is 0 Å². The summed E-state index contributed by atoms with van der Waals surface area (Å²) in [4.78, 5) is 10.9. The van der Waals surface area contributed by atoms with E-state index in [0.29, 0.717) is 12.3 Å². The van der Waals surface area contributed by atoms with Crippen molar-refractivity contribution < 1.29 is 13.2 Å². The van der Waals surface area contributed by atoms with Gasteiger partial charge in [-0.2, -0.15) is 0 Å². The fourth-order valence-electron chi connectivity index (χ4n) is 3.05. The Labute approximate surface area is 125 Å². The molecular weight excluding hydrogens is 296 g/mol. The Morgan fingerprint density at radius 1 is 1.35 bits per heavy atom. The molecule has 0 heterocycles. The molecule has 1 saturated carbocycles. The van der Waals surface area contributed by atoms with Gasteiger partial charge < -0.3 is 0 Å². The molecule has 0 saturated heterocycles. The first-order valence-corrected chi connectivity index (χ1v) is 9.05. The Balaban J connectivity index is 2.34. The van der Waals surface area contributed by atoms with Crippen molar-refractivity contribution >= 4 is 27.7 Å². The van der Waals surface area contributed by atoms with Crippen LogP contribution in [0.25, 0.3) is 0 Å². The van der Waals surface area contributed by atoms with E-state index in [1.807, 2.05) is 6.29 Å². The first-order chi connectivity index (χ1) is 9.43. The SMILES string of the molecule is CS(=O)(=O)c1ccc([C@H](C[C]=O)C2CCCC2)cc1Cl. The Morgan fingerprint density at radius 2 is 2.00 bits per heavy atom. The van der Waals surface area contributed by atoms with Crippen LogP contribution in [-0.2, 0) is 14.6 Å². The molecule has 1 atom stereocenters. The predicted octanol–water partition coefficient (Wildman–Crippen LogP) is 3.52. The van der Waals surface area contributed by atoms with Crippen molar-refractivity contribution in [3.8, 4) is 0 Å². The summed E-state index contributed by atoms with van der Waals surface area (Å²) >= 11 is 6.09. The lowest BCUT2D eigenvalue weighted by molar-refractivity contribution is 0.433. The van der Waals surface area contributed by atoms with Crippen LogP contribution in [0.3, 0.4) is 0 Å². The monoisotopic (exact) mass is 313 g/mol. The largest absolute Gasteiger partial charge is 0.291 e. The van der Waals surface area contributed by atoms with E-state index in [1.165, 1.54) is 12.8 Å². The first kappa shape index (κ1) is 15.5. The Hall–Kier alpha value is -0.870. The van der Waals surface area contributed by atoms with E-state index in [-0.39, 0.29) is 15.8 Å². The van der Waals surface area contributed by atoms with Crippen molar-refractivity contribution in [3.63, 3.8) is 0 Å². The van der Waals surface area contributed by atoms with Crippen LogP contribution in [0.1, 0.15) is 43.6 Å². The zero-order chi connectivity index (χ0) is 14.8. The fraction of sp³-hybridized carbons (Fsp3) is 0.533. The molecular formula is C15H18ClO3S. The average molecular weight is 314 g/mol. The molecule has 3 nitrogen and oxygen atoms in total. The molecule has 0 amide bonds. The highest BCUT2D eigenvalue weighted by Crippen LogP contribution is 2.40. The van der Waals surface area contributed by atoms with Gasteiger partial charge in [0, 0.05) is 12.7 Å². The van der Waals surface area contributed by atoms with Crippen molar-refractivity contribution in [2.24, 2.45) is 5.92 Å². The first-order valence-electron chi connectivity index (χ1n) is 6.78. The van der Waals surface area contributed by atoms with Crippen LogP contribution in [0.15, 0.2) is 23.1 Å². The molecule has 0 aliphatic heterocycles. The van der Waals surface area contributed by atoms with Crippen molar-refractivity contribution in [1.29, 1.82) is 0 Å². The summed E-state index contributed by atoms with van der Waals surface area (Å²) in [5, 5.41) is 0.235. The van der Waals surface area contributed by atoms with E-state index in [2.05, 4.69) is 0 Å². The molecule has 1 aliphatic rings. The second-order valence-electron chi connectivity index (χ2n) is 5.46. The van der Waals surface area contributed by atoms with Gasteiger partial charge in [0.05, 0.1) is 9.92 Å². The predicted molar refractivity (Wildman–Crippen MR) is 79.6 cm³/mol. The van der Waals surface area contributed by atoms with Gasteiger partial charge >= 0.3 is 0 Å². The molecule has 109 valence electrons. The molecule has 0 bridgehead atoms. The minimum atomic E-state index is -3.32. The van der Waals surface area contributed by atoms with Crippen LogP contribution in [0.5, 0.6) is 0 Å². The van der Waals surface area contributed by atoms with Gasteiger partial charge in [0.15, 0.2) is 16.1 Å². The third-order valence-corrected chi connectivity index (χ3v) is 5.64. The number of carbonyl (C=O) groups excluding carboxylic acids is 1. The number of sulfone groups is 1. The van der Waals surface area contributed by atoms with Crippen LogP contribution in [0, 0.1) is 5.92 Å². The smallest absolute Gasteiger partial charge is 0.199 e. The van der Waals surface area contributed by atoms with Crippen molar-refractivity contribution in [2.45, 2.75) is 42.9 Å². The van der Waals surface area contributed by atoms with Crippen molar-refractivity contribution in [2.75, 3.05) is 6.26 Å². The van der Waals surface area contributed by atoms with Crippen LogP contribution < -0.4 is 0 Å². The third-order valence-electron chi connectivity index (χ3n) is 4.06. The van der Waals surface area contributed by atoms with Gasteiger partial charge in [0.1, 0.15) is 0 Å². The zero-order valence-electron chi connectivity index (χ0n) is 11.4. The zero-order valence-corrected chi connectivity index (χ0v) is 13.0. The highest BCUT2D eigenvalue weighted by atomic mass is 35.5. The van der Waals surface area contributed by atoms with Crippen LogP contribution >= 0.6 is 11.6 Å². The number of hydrogen-bond donors (Lipinski definition) is 0. The van der Waals surface area contributed by atoms with E-state index < -0.39 is 9.84 Å². The molecule has 5 heteroatoms. The number of halogens is 1. The molecule has 0 aromatic heterocycles. The lowest BCUT2D eigenvalue weighted by Gasteiger charge is -2.22. The van der Waals surface area contributed by atoms with Crippen LogP contribution in [0.4, 0.5) is 0 Å². The number of hydrogen-bond acceptors (Lipinski definition) is 3. The second-order valence-corrected chi connectivity index (χ2v) is 7.85. The van der Waals surface area contributed by atoms with Gasteiger partial charge in [-0.3, -0.25) is 4.79 Å². The van der Waals surface area contributed by atoms with Gasteiger partial charge in [0.2, 0.25) is 0 Å². The summed E-state index contributed by atoms with van der Waals surface area (Å²) in [6, 6.07) is 5.01. The van der Waals surface area contributed by atoms with E-state index in [0.717, 1.165) is 24.7 Å². The summed E-state index contributed by atoms with van der Waals surface area (Å²) in [7, 11) is -3.32. The molecule has 20 heavy (non-hydrogen) atoms. The summed E-state index contributed by atoms with van der Waals surface area (Å²) in [5.41, 5.74) is 0.942. The maximum Gasteiger partial charge on any atom is 0.199 e. The van der Waals surface area contributed by atoms with E-state index in [9.17, 15) is 13.2 Å². The fourth-order valence-corrected chi connectivity index (χ4v) is 4.39. The Morgan fingerprint density at radius 3 is 2.50 bits per heavy atom. The Bertz CT molecular complexity index is 589. The maximum absolute atomic E-state index is 11.6. The number of benzene rings is 1. The minimum Gasteiger partial charge on any atom is -0.291 e.